The Morgan fingerprint density at radius 3 is 2.42 bits per heavy atom. The molecular formula is C12H18N2O4S. The van der Waals surface area contributed by atoms with Crippen molar-refractivity contribution in [3.63, 3.8) is 0 Å². The number of hydrogen-bond acceptors (Lipinski definition) is 4. The number of hydrogen-bond donors (Lipinski definition) is 2. The van der Waals surface area contributed by atoms with Gasteiger partial charge in [0.15, 0.2) is 0 Å². The summed E-state index contributed by atoms with van der Waals surface area (Å²) in [5.41, 5.74) is 0.521. The minimum absolute atomic E-state index is 0.0109. The van der Waals surface area contributed by atoms with E-state index in [2.05, 4.69) is 5.32 Å². The first-order valence-electron chi connectivity index (χ1n) is 5.94. The zero-order valence-electron chi connectivity index (χ0n) is 10.8. The first-order chi connectivity index (χ1) is 8.93. The van der Waals surface area contributed by atoms with Crippen LogP contribution in [0, 0.1) is 0 Å². The summed E-state index contributed by atoms with van der Waals surface area (Å²) in [6.45, 7) is 3.00. The molecule has 0 spiro atoms. The molecule has 0 heterocycles. The van der Waals surface area contributed by atoms with Crippen LogP contribution in [0.25, 0.3) is 0 Å². The number of rotatable bonds is 7. The molecule has 0 aliphatic heterocycles. The van der Waals surface area contributed by atoms with Gasteiger partial charge in [-0.3, -0.25) is 4.79 Å². The second-order valence-electron chi connectivity index (χ2n) is 3.98. The van der Waals surface area contributed by atoms with E-state index in [9.17, 15) is 13.2 Å². The average molecular weight is 286 g/mol. The molecular weight excluding hydrogens is 268 g/mol. The van der Waals surface area contributed by atoms with Crippen molar-refractivity contribution in [2.24, 2.45) is 5.14 Å². The van der Waals surface area contributed by atoms with E-state index in [1.807, 2.05) is 6.92 Å². The molecule has 0 aromatic heterocycles. The van der Waals surface area contributed by atoms with E-state index in [1.165, 1.54) is 24.3 Å². The van der Waals surface area contributed by atoms with Gasteiger partial charge in [-0.15, -0.1) is 0 Å². The smallest absolute Gasteiger partial charge is 0.238 e. The molecule has 1 aromatic carbocycles. The fourth-order valence-electron chi connectivity index (χ4n) is 1.36. The zero-order valence-corrected chi connectivity index (χ0v) is 11.6. The van der Waals surface area contributed by atoms with Gasteiger partial charge < -0.3 is 10.1 Å². The van der Waals surface area contributed by atoms with Crippen LogP contribution in [-0.2, 0) is 19.6 Å². The predicted octanol–water partition coefficient (Wildman–Crippen LogP) is 1.09. The van der Waals surface area contributed by atoms with E-state index >= 15 is 0 Å². The van der Waals surface area contributed by atoms with Gasteiger partial charge in [-0.05, 0) is 30.7 Å². The van der Waals surface area contributed by atoms with Crippen molar-refractivity contribution in [2.75, 3.05) is 18.5 Å². The lowest BCUT2D eigenvalue weighted by Gasteiger charge is -2.06. The normalized spacial score (nSPS) is 11.3. The fourth-order valence-corrected chi connectivity index (χ4v) is 1.88. The van der Waals surface area contributed by atoms with E-state index in [1.54, 1.807) is 0 Å². The highest BCUT2D eigenvalue weighted by Gasteiger charge is 2.07. The molecule has 1 amide bonds. The van der Waals surface area contributed by atoms with E-state index < -0.39 is 10.0 Å². The highest BCUT2D eigenvalue weighted by atomic mass is 32.2. The summed E-state index contributed by atoms with van der Waals surface area (Å²) in [4.78, 5) is 11.5. The van der Waals surface area contributed by atoms with Gasteiger partial charge in [-0.1, -0.05) is 6.92 Å². The van der Waals surface area contributed by atoms with Crippen molar-refractivity contribution in [2.45, 2.75) is 24.7 Å². The van der Waals surface area contributed by atoms with Crippen LogP contribution in [0.3, 0.4) is 0 Å². The van der Waals surface area contributed by atoms with Gasteiger partial charge in [0.2, 0.25) is 15.9 Å². The fraction of sp³-hybridized carbons (Fsp3) is 0.417. The molecule has 7 heteroatoms. The van der Waals surface area contributed by atoms with E-state index in [0.717, 1.165) is 6.42 Å². The van der Waals surface area contributed by atoms with Gasteiger partial charge in [-0.2, -0.15) is 0 Å². The number of primary sulfonamides is 1. The molecule has 106 valence electrons. The molecule has 0 atom stereocenters. The summed E-state index contributed by atoms with van der Waals surface area (Å²) in [5, 5.41) is 7.61. The quantitative estimate of drug-likeness (QED) is 0.733. The molecule has 0 unspecified atom stereocenters. The van der Waals surface area contributed by atoms with Crippen LogP contribution in [0.4, 0.5) is 5.69 Å². The third kappa shape index (κ3) is 5.82. The largest absolute Gasteiger partial charge is 0.381 e. The van der Waals surface area contributed by atoms with Crippen LogP contribution < -0.4 is 10.5 Å². The number of nitrogens with one attached hydrogen (secondary N) is 1. The summed E-state index contributed by atoms with van der Waals surface area (Å²) in [7, 11) is -3.70. The van der Waals surface area contributed by atoms with Crippen LogP contribution in [0.2, 0.25) is 0 Å². The number of carbonyl (C=O) groups excluding carboxylic acids is 1. The molecule has 3 N–H and O–H groups in total. The Hall–Kier alpha value is -1.44. The van der Waals surface area contributed by atoms with Crippen molar-refractivity contribution < 1.29 is 17.9 Å². The molecule has 0 bridgehead atoms. The Morgan fingerprint density at radius 1 is 1.26 bits per heavy atom. The predicted molar refractivity (Wildman–Crippen MR) is 72.2 cm³/mol. The molecule has 6 nitrogen and oxygen atoms in total. The maximum atomic E-state index is 11.5. The summed E-state index contributed by atoms with van der Waals surface area (Å²) < 4.78 is 27.3. The summed E-state index contributed by atoms with van der Waals surface area (Å²) in [6.07, 6.45) is 1.17. The third-order valence-corrected chi connectivity index (χ3v) is 3.22. The number of carbonyl (C=O) groups is 1. The second-order valence-corrected chi connectivity index (χ2v) is 5.54. The van der Waals surface area contributed by atoms with Crippen molar-refractivity contribution in [1.82, 2.24) is 0 Å². The Kier molecular flexibility index (Phi) is 5.94. The Morgan fingerprint density at radius 2 is 1.89 bits per heavy atom. The summed E-state index contributed by atoms with van der Waals surface area (Å²) in [5.74, 6) is -0.181. The first-order valence-corrected chi connectivity index (χ1v) is 7.48. The van der Waals surface area contributed by atoms with Crippen LogP contribution in [0.1, 0.15) is 19.8 Å². The Labute approximate surface area is 113 Å². The van der Waals surface area contributed by atoms with Crippen molar-refractivity contribution in [3.8, 4) is 0 Å². The Bertz CT molecular complexity index is 511. The topological polar surface area (TPSA) is 98.5 Å². The lowest BCUT2D eigenvalue weighted by Crippen LogP contribution is -2.15. The van der Waals surface area contributed by atoms with Crippen molar-refractivity contribution in [1.29, 1.82) is 0 Å². The van der Waals surface area contributed by atoms with Crippen molar-refractivity contribution in [3.05, 3.63) is 24.3 Å². The molecule has 1 aromatic rings. The average Bonchev–Trinajstić information content (AvgIpc) is 2.34. The van der Waals surface area contributed by atoms with Crippen LogP contribution in [0.5, 0.6) is 0 Å². The van der Waals surface area contributed by atoms with Gasteiger partial charge in [0.25, 0.3) is 0 Å². The standard InChI is InChI=1S/C12H18N2O4S/c1-2-8-18-9-7-12(15)14-10-3-5-11(6-4-10)19(13,16)17/h3-6H,2,7-9H2,1H3,(H,14,15)(H2,13,16,17). The van der Waals surface area contributed by atoms with Crippen LogP contribution in [0.15, 0.2) is 29.2 Å². The first kappa shape index (κ1) is 15.6. The van der Waals surface area contributed by atoms with Gasteiger partial charge in [0.1, 0.15) is 0 Å². The minimum atomic E-state index is -3.70. The van der Waals surface area contributed by atoms with Gasteiger partial charge in [-0.25, -0.2) is 13.6 Å². The second kappa shape index (κ2) is 7.22. The minimum Gasteiger partial charge on any atom is -0.381 e. The molecule has 19 heavy (non-hydrogen) atoms. The lowest BCUT2D eigenvalue weighted by molar-refractivity contribution is -0.117. The number of sulfonamides is 1. The summed E-state index contributed by atoms with van der Waals surface area (Å²) in [6, 6.07) is 5.67. The van der Waals surface area contributed by atoms with Crippen molar-refractivity contribution >= 4 is 21.6 Å². The molecule has 0 radical (unpaired) electrons. The maximum Gasteiger partial charge on any atom is 0.238 e. The van der Waals surface area contributed by atoms with Gasteiger partial charge >= 0.3 is 0 Å². The van der Waals surface area contributed by atoms with E-state index in [4.69, 9.17) is 9.88 Å². The molecule has 1 rings (SSSR count). The number of benzene rings is 1. The zero-order chi connectivity index (χ0) is 14.3. The summed E-state index contributed by atoms with van der Waals surface area (Å²) >= 11 is 0. The van der Waals surface area contributed by atoms with Gasteiger partial charge in [0, 0.05) is 12.3 Å². The lowest BCUT2D eigenvalue weighted by atomic mass is 10.3. The Balaban J connectivity index is 2.47. The van der Waals surface area contributed by atoms with E-state index in [-0.39, 0.29) is 17.2 Å². The SMILES string of the molecule is CCCOCCC(=O)Nc1ccc(S(N)(=O)=O)cc1. The maximum absolute atomic E-state index is 11.5. The molecule has 0 fully saturated rings. The number of nitrogens with two attached hydrogens (primary N) is 1. The molecule has 0 saturated carbocycles. The highest BCUT2D eigenvalue weighted by Crippen LogP contribution is 2.12. The third-order valence-electron chi connectivity index (χ3n) is 2.29. The van der Waals surface area contributed by atoms with Crippen LogP contribution in [-0.4, -0.2) is 27.5 Å². The molecule has 0 saturated heterocycles. The molecule has 0 aliphatic rings. The highest BCUT2D eigenvalue weighted by molar-refractivity contribution is 7.89. The van der Waals surface area contributed by atoms with E-state index in [0.29, 0.717) is 18.9 Å². The number of amides is 1. The van der Waals surface area contributed by atoms with Crippen LogP contribution >= 0.6 is 0 Å². The molecule has 0 aliphatic carbocycles. The number of ether oxygens (including phenoxy) is 1. The monoisotopic (exact) mass is 286 g/mol. The number of anilines is 1. The van der Waals surface area contributed by atoms with Gasteiger partial charge in [0.05, 0.1) is 17.9 Å².